The van der Waals surface area contributed by atoms with E-state index in [0.29, 0.717) is 30.9 Å². The first kappa shape index (κ1) is 30.2. The van der Waals surface area contributed by atoms with E-state index >= 15 is 0 Å². The van der Waals surface area contributed by atoms with Crippen LogP contribution in [0.1, 0.15) is 34.6 Å². The molecule has 11 nitrogen and oxygen atoms in total. The summed E-state index contributed by atoms with van der Waals surface area (Å²) in [6.45, 7) is 1.10. The Balaban J connectivity index is 1.36. The van der Waals surface area contributed by atoms with Gasteiger partial charge >= 0.3 is 5.97 Å². The van der Waals surface area contributed by atoms with E-state index in [9.17, 15) is 35.1 Å². The number of hydrogen-bond donors (Lipinski definition) is 5. The summed E-state index contributed by atoms with van der Waals surface area (Å²) in [5.74, 6) is -3.46. The van der Waals surface area contributed by atoms with Gasteiger partial charge in [0.25, 0.3) is 0 Å². The highest BCUT2D eigenvalue weighted by Gasteiger charge is 2.30. The average Bonchev–Trinajstić information content (AvgIpc) is 3.51. The zero-order valence-corrected chi connectivity index (χ0v) is 24.6. The molecule has 0 fully saturated rings. The van der Waals surface area contributed by atoms with Crippen LogP contribution in [0.15, 0.2) is 75.9 Å². The number of methoxy groups -OCH3 is 1. The second-order valence-corrected chi connectivity index (χ2v) is 10.9. The number of ether oxygens (including phenoxy) is 3. The minimum atomic E-state index is -1.01. The summed E-state index contributed by atoms with van der Waals surface area (Å²) in [6, 6.07) is 17.4. The van der Waals surface area contributed by atoms with Crippen LogP contribution in [-0.4, -0.2) is 51.8 Å². The fourth-order valence-corrected chi connectivity index (χ4v) is 5.66. The van der Waals surface area contributed by atoms with Crippen molar-refractivity contribution < 1.29 is 49.0 Å². The molecule has 0 aliphatic carbocycles. The second kappa shape index (κ2) is 12.3. The van der Waals surface area contributed by atoms with Crippen molar-refractivity contribution in [2.75, 3.05) is 20.3 Å². The van der Waals surface area contributed by atoms with Gasteiger partial charge in [-0.15, -0.1) is 0 Å². The van der Waals surface area contributed by atoms with Crippen LogP contribution in [0.4, 0.5) is 0 Å². The molecular formula is C35H30O11. The number of phenolic OH excluding ortho intramolecular Hbond substituents is 4. The quantitative estimate of drug-likeness (QED) is 0.107. The fourth-order valence-electron chi connectivity index (χ4n) is 5.66. The molecular weight excluding hydrogens is 596 g/mol. The molecule has 1 aliphatic rings. The molecule has 0 saturated heterocycles. The lowest BCUT2D eigenvalue weighted by molar-refractivity contribution is -0.140. The van der Waals surface area contributed by atoms with Gasteiger partial charge in [-0.05, 0) is 53.1 Å². The summed E-state index contributed by atoms with van der Waals surface area (Å²) >= 11 is 0. The van der Waals surface area contributed by atoms with Crippen molar-refractivity contribution >= 4 is 16.9 Å². The Bertz CT molecular complexity index is 2010. The SMILES string of the molecule is COC(=O)C[C@@H](c1ccc(OCCc2ccc3c(c2)CCO3)cc1)c1c(O)cc(O)c2c(=O)c(O)c(-c3ccc(O)c(O)c3)oc12. The van der Waals surface area contributed by atoms with Gasteiger partial charge in [-0.1, -0.05) is 24.3 Å². The molecule has 1 atom stereocenters. The molecule has 0 amide bonds. The van der Waals surface area contributed by atoms with Crippen LogP contribution in [0.3, 0.4) is 0 Å². The third kappa shape index (κ3) is 5.70. The molecule has 0 saturated carbocycles. The summed E-state index contributed by atoms with van der Waals surface area (Å²) in [5, 5.41) is 51.8. The fraction of sp³-hybridized carbons (Fsp3) is 0.200. The highest BCUT2D eigenvalue weighted by Crippen LogP contribution is 2.45. The molecule has 11 heteroatoms. The predicted octanol–water partition coefficient (Wildman–Crippen LogP) is 5.24. The Morgan fingerprint density at radius 2 is 1.67 bits per heavy atom. The van der Waals surface area contributed by atoms with Gasteiger partial charge in [0.05, 0.1) is 26.7 Å². The molecule has 46 heavy (non-hydrogen) atoms. The monoisotopic (exact) mass is 626 g/mol. The van der Waals surface area contributed by atoms with E-state index < -0.39 is 57.2 Å². The Hall–Kier alpha value is -5.84. The summed E-state index contributed by atoms with van der Waals surface area (Å²) in [4.78, 5) is 25.9. The molecule has 0 unspecified atom stereocenters. The van der Waals surface area contributed by atoms with E-state index in [-0.39, 0.29) is 23.1 Å². The van der Waals surface area contributed by atoms with E-state index in [1.165, 1.54) is 18.7 Å². The van der Waals surface area contributed by atoms with Crippen molar-refractivity contribution in [2.24, 2.45) is 0 Å². The number of aromatic hydroxyl groups is 5. The van der Waals surface area contributed by atoms with E-state index in [2.05, 4.69) is 6.07 Å². The van der Waals surface area contributed by atoms with Crippen molar-refractivity contribution in [1.29, 1.82) is 0 Å². The van der Waals surface area contributed by atoms with Crippen molar-refractivity contribution in [3.8, 4) is 51.6 Å². The van der Waals surface area contributed by atoms with Crippen LogP contribution >= 0.6 is 0 Å². The van der Waals surface area contributed by atoms with Crippen LogP contribution in [0, 0.1) is 0 Å². The van der Waals surface area contributed by atoms with E-state index in [1.807, 2.05) is 12.1 Å². The number of carbonyl (C=O) groups excluding carboxylic acids is 1. The lowest BCUT2D eigenvalue weighted by atomic mass is 9.86. The van der Waals surface area contributed by atoms with Gasteiger partial charge in [0, 0.05) is 36.0 Å². The van der Waals surface area contributed by atoms with Crippen molar-refractivity contribution in [3.05, 3.63) is 99.2 Å². The van der Waals surface area contributed by atoms with Gasteiger partial charge in [-0.2, -0.15) is 0 Å². The predicted molar refractivity (Wildman–Crippen MR) is 166 cm³/mol. The van der Waals surface area contributed by atoms with Crippen molar-refractivity contribution in [3.63, 3.8) is 0 Å². The molecule has 5 aromatic rings. The van der Waals surface area contributed by atoms with Gasteiger partial charge in [0.15, 0.2) is 17.3 Å². The van der Waals surface area contributed by atoms with Gasteiger partial charge < -0.3 is 44.2 Å². The number of fused-ring (bicyclic) bond motifs is 2. The Morgan fingerprint density at radius 1 is 0.891 bits per heavy atom. The van der Waals surface area contributed by atoms with Crippen molar-refractivity contribution in [1.82, 2.24) is 0 Å². The maximum atomic E-state index is 13.3. The van der Waals surface area contributed by atoms with Gasteiger partial charge in [0.2, 0.25) is 11.2 Å². The highest BCUT2D eigenvalue weighted by atomic mass is 16.5. The van der Waals surface area contributed by atoms with Crippen LogP contribution in [0.25, 0.3) is 22.3 Å². The highest BCUT2D eigenvalue weighted by molar-refractivity contribution is 5.92. The average molecular weight is 627 g/mol. The Kier molecular flexibility index (Phi) is 8.06. The van der Waals surface area contributed by atoms with Gasteiger partial charge in [-0.3, -0.25) is 9.59 Å². The summed E-state index contributed by atoms with van der Waals surface area (Å²) < 4.78 is 22.4. The van der Waals surface area contributed by atoms with Crippen LogP contribution in [0.5, 0.6) is 40.2 Å². The number of hydrogen-bond acceptors (Lipinski definition) is 11. The summed E-state index contributed by atoms with van der Waals surface area (Å²) in [5.41, 5.74) is 1.54. The Labute approximate surface area is 262 Å². The maximum Gasteiger partial charge on any atom is 0.306 e. The third-order valence-electron chi connectivity index (χ3n) is 8.02. The molecule has 236 valence electrons. The van der Waals surface area contributed by atoms with Crippen LogP contribution < -0.4 is 14.9 Å². The smallest absolute Gasteiger partial charge is 0.306 e. The van der Waals surface area contributed by atoms with Crippen molar-refractivity contribution in [2.45, 2.75) is 25.2 Å². The van der Waals surface area contributed by atoms with E-state index in [4.69, 9.17) is 18.6 Å². The Morgan fingerprint density at radius 3 is 2.41 bits per heavy atom. The molecule has 4 aromatic carbocycles. The number of carbonyl (C=O) groups is 1. The standard InChI is InChI=1S/C35H30O11/c1-43-29(40)16-23(19-3-6-22(7-4-19)44-12-10-18-2-9-28-20(14-18)11-13-45-28)30-26(38)17-27(39)31-32(41)33(42)34(46-35(30)31)21-5-8-24(36)25(37)15-21/h2-9,14-15,17,23,36-39,42H,10-13,16H2,1H3/t23-/m0/s1. The lowest BCUT2D eigenvalue weighted by Crippen LogP contribution is -2.12. The molecule has 0 spiro atoms. The minimum Gasteiger partial charge on any atom is -0.507 e. The zero-order chi connectivity index (χ0) is 32.5. The molecule has 2 heterocycles. The summed E-state index contributed by atoms with van der Waals surface area (Å²) in [6.07, 6.45) is 1.28. The molecule has 6 rings (SSSR count). The number of esters is 1. The first-order valence-corrected chi connectivity index (χ1v) is 14.5. The van der Waals surface area contributed by atoms with E-state index in [1.54, 1.807) is 24.3 Å². The molecule has 5 N–H and O–H groups in total. The lowest BCUT2D eigenvalue weighted by Gasteiger charge is -2.21. The first-order chi connectivity index (χ1) is 22.1. The second-order valence-electron chi connectivity index (χ2n) is 10.9. The molecule has 0 bridgehead atoms. The van der Waals surface area contributed by atoms with Gasteiger partial charge in [-0.25, -0.2) is 0 Å². The van der Waals surface area contributed by atoms with Crippen LogP contribution in [0.2, 0.25) is 0 Å². The first-order valence-electron chi connectivity index (χ1n) is 14.5. The normalized spacial score (nSPS) is 12.8. The minimum absolute atomic E-state index is 0.0196. The number of phenols is 4. The summed E-state index contributed by atoms with van der Waals surface area (Å²) in [7, 11) is 1.21. The topological polar surface area (TPSA) is 176 Å². The largest absolute Gasteiger partial charge is 0.507 e. The molecule has 0 radical (unpaired) electrons. The zero-order valence-electron chi connectivity index (χ0n) is 24.6. The van der Waals surface area contributed by atoms with Gasteiger partial charge in [0.1, 0.15) is 34.0 Å². The van der Waals surface area contributed by atoms with Crippen LogP contribution in [-0.2, 0) is 22.4 Å². The third-order valence-corrected chi connectivity index (χ3v) is 8.02. The number of benzene rings is 4. The number of rotatable bonds is 9. The van der Waals surface area contributed by atoms with E-state index in [0.717, 1.165) is 35.9 Å². The molecule has 1 aliphatic heterocycles. The molecule has 1 aromatic heterocycles. The maximum absolute atomic E-state index is 13.3.